The highest BCUT2D eigenvalue weighted by atomic mass is 32.1. The number of benzene rings is 2. The molecule has 2 aromatic carbocycles. The number of thiocarbonyl (C=S) groups is 1. The number of carbonyl (C=O) groups excluding carboxylic acids is 3. The molecule has 2 rings (SSSR count). The van der Waals surface area contributed by atoms with Gasteiger partial charge in [0, 0.05) is 5.56 Å². The second-order valence-electron chi connectivity index (χ2n) is 6.78. The van der Waals surface area contributed by atoms with Gasteiger partial charge in [0.1, 0.15) is 11.5 Å². The number of hydrogen-bond donors (Lipinski definition) is 3. The van der Waals surface area contributed by atoms with Gasteiger partial charge >= 0.3 is 5.97 Å². The standard InChI is InChI=1S/C23H27N3O6S/c1-3-13-30-18-9-5-16(6-10-18)21(28)24-23(33)26-25-20(27)15-32-19-11-7-17(8-12-19)22(29)31-14-4-2/h5-12H,3-4,13-15H2,1-2H3,(H,25,27)(H2,24,26,28,33). The molecule has 3 N–H and O–H groups in total. The average molecular weight is 474 g/mol. The molecule has 176 valence electrons. The molecule has 0 fully saturated rings. The first-order chi connectivity index (χ1) is 15.9. The van der Waals surface area contributed by atoms with Gasteiger partial charge in [-0.1, -0.05) is 13.8 Å². The molecular formula is C23H27N3O6S. The highest BCUT2D eigenvalue weighted by molar-refractivity contribution is 7.80. The van der Waals surface area contributed by atoms with Crippen molar-refractivity contribution in [3.05, 3.63) is 59.7 Å². The lowest BCUT2D eigenvalue weighted by atomic mass is 10.2. The van der Waals surface area contributed by atoms with E-state index in [0.29, 0.717) is 35.8 Å². The predicted octanol–water partition coefficient (Wildman–Crippen LogP) is 2.76. The number of amides is 2. The van der Waals surface area contributed by atoms with Crippen LogP contribution >= 0.6 is 12.2 Å². The Morgan fingerprint density at radius 2 is 1.36 bits per heavy atom. The smallest absolute Gasteiger partial charge is 0.338 e. The lowest BCUT2D eigenvalue weighted by molar-refractivity contribution is -0.123. The summed E-state index contributed by atoms with van der Waals surface area (Å²) < 4.78 is 15.9. The number of nitrogens with one attached hydrogen (secondary N) is 3. The SMILES string of the molecule is CCCOC(=O)c1ccc(OCC(=O)NNC(=S)NC(=O)c2ccc(OCCC)cc2)cc1. The van der Waals surface area contributed by atoms with E-state index in [1.54, 1.807) is 48.5 Å². The van der Waals surface area contributed by atoms with E-state index >= 15 is 0 Å². The minimum atomic E-state index is -0.518. The van der Waals surface area contributed by atoms with E-state index in [4.69, 9.17) is 26.4 Å². The Morgan fingerprint density at radius 1 is 0.788 bits per heavy atom. The molecule has 0 aliphatic carbocycles. The van der Waals surface area contributed by atoms with Gasteiger partial charge in [-0.25, -0.2) is 4.79 Å². The van der Waals surface area contributed by atoms with Crippen molar-refractivity contribution in [1.29, 1.82) is 0 Å². The largest absolute Gasteiger partial charge is 0.494 e. The fraction of sp³-hybridized carbons (Fsp3) is 0.304. The van der Waals surface area contributed by atoms with Crippen LogP contribution in [-0.4, -0.2) is 42.7 Å². The first-order valence-corrected chi connectivity index (χ1v) is 10.9. The molecule has 33 heavy (non-hydrogen) atoms. The number of esters is 1. The van der Waals surface area contributed by atoms with Gasteiger partial charge in [0.2, 0.25) is 0 Å². The fourth-order valence-corrected chi connectivity index (χ4v) is 2.55. The molecule has 2 amide bonds. The zero-order valence-electron chi connectivity index (χ0n) is 18.5. The number of ether oxygens (including phenoxy) is 3. The molecule has 0 spiro atoms. The maximum absolute atomic E-state index is 12.2. The van der Waals surface area contributed by atoms with E-state index < -0.39 is 17.8 Å². The van der Waals surface area contributed by atoms with Crippen molar-refractivity contribution in [1.82, 2.24) is 16.2 Å². The molecule has 9 nitrogen and oxygen atoms in total. The Balaban J connectivity index is 1.70. The Bertz CT molecular complexity index is 948. The molecule has 0 radical (unpaired) electrons. The third-order valence-corrected chi connectivity index (χ3v) is 4.23. The van der Waals surface area contributed by atoms with Gasteiger partial charge in [-0.15, -0.1) is 0 Å². The van der Waals surface area contributed by atoms with Crippen molar-refractivity contribution in [2.75, 3.05) is 19.8 Å². The maximum atomic E-state index is 12.2. The van der Waals surface area contributed by atoms with Crippen LogP contribution < -0.4 is 25.6 Å². The van der Waals surface area contributed by atoms with E-state index in [9.17, 15) is 14.4 Å². The third-order valence-electron chi connectivity index (χ3n) is 4.03. The van der Waals surface area contributed by atoms with Gasteiger partial charge < -0.3 is 14.2 Å². The number of hydrazine groups is 1. The predicted molar refractivity (Wildman–Crippen MR) is 126 cm³/mol. The highest BCUT2D eigenvalue weighted by Gasteiger charge is 2.10. The summed E-state index contributed by atoms with van der Waals surface area (Å²) in [6.07, 6.45) is 1.63. The van der Waals surface area contributed by atoms with Gasteiger partial charge in [-0.3, -0.25) is 25.8 Å². The molecule has 0 aromatic heterocycles. The molecule has 0 aliphatic heterocycles. The van der Waals surface area contributed by atoms with Crippen LogP contribution in [0.3, 0.4) is 0 Å². The topological polar surface area (TPSA) is 115 Å². The quantitative estimate of drug-likeness (QED) is 0.274. The summed E-state index contributed by atoms with van der Waals surface area (Å²) in [6.45, 7) is 4.57. The van der Waals surface area contributed by atoms with Crippen molar-refractivity contribution in [2.45, 2.75) is 26.7 Å². The van der Waals surface area contributed by atoms with Crippen molar-refractivity contribution in [3.63, 3.8) is 0 Å². The van der Waals surface area contributed by atoms with Crippen LogP contribution in [0.15, 0.2) is 48.5 Å². The van der Waals surface area contributed by atoms with Crippen LogP contribution in [0, 0.1) is 0 Å². The molecular weight excluding hydrogens is 446 g/mol. The van der Waals surface area contributed by atoms with Crippen LogP contribution in [0.25, 0.3) is 0 Å². The molecule has 0 heterocycles. The molecule has 0 aliphatic rings. The number of carbonyl (C=O) groups is 3. The van der Waals surface area contributed by atoms with E-state index in [1.165, 1.54) is 0 Å². The number of hydrogen-bond acceptors (Lipinski definition) is 7. The van der Waals surface area contributed by atoms with Gasteiger partial charge in [0.15, 0.2) is 11.7 Å². The van der Waals surface area contributed by atoms with Gasteiger partial charge in [-0.2, -0.15) is 0 Å². The van der Waals surface area contributed by atoms with Crippen LogP contribution in [0.1, 0.15) is 47.4 Å². The molecule has 2 aromatic rings. The van der Waals surface area contributed by atoms with Gasteiger partial charge in [0.25, 0.3) is 11.8 Å². The molecule has 0 unspecified atom stereocenters. The van der Waals surface area contributed by atoms with Crippen LogP contribution in [0.4, 0.5) is 0 Å². The lowest BCUT2D eigenvalue weighted by Gasteiger charge is -2.12. The summed E-state index contributed by atoms with van der Waals surface area (Å²) in [5.74, 6) is -0.290. The third kappa shape index (κ3) is 9.16. The normalized spacial score (nSPS) is 10.0. The van der Waals surface area contributed by atoms with E-state index in [2.05, 4.69) is 16.2 Å². The van der Waals surface area contributed by atoms with Gasteiger partial charge in [0.05, 0.1) is 18.8 Å². The average Bonchev–Trinajstić information content (AvgIpc) is 2.84. The molecule has 0 saturated carbocycles. The molecule has 0 bridgehead atoms. The van der Waals surface area contributed by atoms with Crippen molar-refractivity contribution in [2.24, 2.45) is 0 Å². The highest BCUT2D eigenvalue weighted by Crippen LogP contribution is 2.13. The summed E-state index contributed by atoms with van der Waals surface area (Å²) >= 11 is 5.01. The van der Waals surface area contributed by atoms with Gasteiger partial charge in [-0.05, 0) is 73.6 Å². The Kier molecular flexibility index (Phi) is 10.6. The lowest BCUT2D eigenvalue weighted by Crippen LogP contribution is -2.49. The Morgan fingerprint density at radius 3 is 1.97 bits per heavy atom. The van der Waals surface area contributed by atoms with E-state index in [1.807, 2.05) is 13.8 Å². The summed E-state index contributed by atoms with van der Waals surface area (Å²) in [7, 11) is 0. The summed E-state index contributed by atoms with van der Waals surface area (Å²) in [4.78, 5) is 35.9. The Hall–Kier alpha value is -3.66. The zero-order valence-corrected chi connectivity index (χ0v) is 19.3. The van der Waals surface area contributed by atoms with Crippen molar-refractivity contribution < 1.29 is 28.6 Å². The van der Waals surface area contributed by atoms with Crippen LogP contribution in [0.2, 0.25) is 0 Å². The first kappa shape index (κ1) is 25.6. The van der Waals surface area contributed by atoms with Crippen molar-refractivity contribution in [3.8, 4) is 11.5 Å². The maximum Gasteiger partial charge on any atom is 0.338 e. The van der Waals surface area contributed by atoms with Crippen LogP contribution in [0.5, 0.6) is 11.5 Å². The minimum Gasteiger partial charge on any atom is -0.494 e. The summed E-state index contributed by atoms with van der Waals surface area (Å²) in [6, 6.07) is 12.8. The monoisotopic (exact) mass is 473 g/mol. The summed E-state index contributed by atoms with van der Waals surface area (Å²) in [5, 5.41) is 2.39. The molecule has 0 saturated heterocycles. The van der Waals surface area contributed by atoms with E-state index in [0.717, 1.165) is 12.8 Å². The second kappa shape index (κ2) is 13.7. The van der Waals surface area contributed by atoms with Crippen LogP contribution in [-0.2, 0) is 9.53 Å². The number of rotatable bonds is 10. The summed E-state index contributed by atoms with van der Waals surface area (Å²) in [5.41, 5.74) is 5.55. The second-order valence-corrected chi connectivity index (χ2v) is 7.19. The Labute approximate surface area is 197 Å². The molecule has 0 atom stereocenters. The first-order valence-electron chi connectivity index (χ1n) is 10.5. The van der Waals surface area contributed by atoms with Crippen molar-refractivity contribution >= 4 is 35.1 Å². The molecule has 10 heteroatoms. The van der Waals surface area contributed by atoms with E-state index in [-0.39, 0.29) is 11.7 Å². The fourth-order valence-electron chi connectivity index (χ4n) is 2.41. The minimum absolute atomic E-state index is 0.0744. The zero-order chi connectivity index (χ0) is 24.1.